The molecule has 0 aromatic carbocycles. The fourth-order valence-electron chi connectivity index (χ4n) is 2.07. The number of carbonyl (C=O) groups is 1. The molecule has 1 aliphatic rings. The lowest BCUT2D eigenvalue weighted by atomic mass is 9.72. The standard InChI is InChI=1S/C15H22O/c1-6-11(2)7-8-13-12(3)14(16)9-10-15(13,4)5/h6-8H,9-10H2,1-5H3/b8-7+,11-6-. The molecular formula is C15H22O. The second-order valence-corrected chi connectivity index (χ2v) is 5.21. The van der Waals surface area contributed by atoms with Crippen LogP contribution in [-0.4, -0.2) is 5.78 Å². The number of rotatable bonds is 2. The summed E-state index contributed by atoms with van der Waals surface area (Å²) in [7, 11) is 0. The molecule has 88 valence electrons. The van der Waals surface area contributed by atoms with E-state index in [9.17, 15) is 4.79 Å². The highest BCUT2D eigenvalue weighted by molar-refractivity contribution is 5.97. The molecule has 0 aliphatic heterocycles. The predicted octanol–water partition coefficient (Wildman–Crippen LogP) is 4.21. The van der Waals surface area contributed by atoms with Gasteiger partial charge in [0.2, 0.25) is 0 Å². The van der Waals surface area contributed by atoms with Gasteiger partial charge in [0, 0.05) is 6.42 Å². The number of hydrogen-bond acceptors (Lipinski definition) is 1. The maximum absolute atomic E-state index is 11.7. The van der Waals surface area contributed by atoms with E-state index in [2.05, 4.69) is 39.0 Å². The van der Waals surface area contributed by atoms with Gasteiger partial charge in [-0.2, -0.15) is 0 Å². The number of allylic oxidation sites excluding steroid dienone is 6. The highest BCUT2D eigenvalue weighted by Crippen LogP contribution is 2.39. The summed E-state index contributed by atoms with van der Waals surface area (Å²) < 4.78 is 0. The van der Waals surface area contributed by atoms with Crippen LogP contribution in [0.2, 0.25) is 0 Å². The Morgan fingerprint density at radius 2 is 2.00 bits per heavy atom. The average molecular weight is 218 g/mol. The molecule has 1 aliphatic carbocycles. The quantitative estimate of drug-likeness (QED) is 0.634. The fraction of sp³-hybridized carbons (Fsp3) is 0.533. The van der Waals surface area contributed by atoms with Gasteiger partial charge in [-0.15, -0.1) is 0 Å². The molecule has 0 amide bonds. The summed E-state index contributed by atoms with van der Waals surface area (Å²) in [6.45, 7) is 10.5. The fourth-order valence-corrected chi connectivity index (χ4v) is 2.07. The van der Waals surface area contributed by atoms with Crippen LogP contribution in [0.25, 0.3) is 0 Å². The van der Waals surface area contributed by atoms with Crippen LogP contribution < -0.4 is 0 Å². The highest BCUT2D eigenvalue weighted by Gasteiger charge is 2.30. The van der Waals surface area contributed by atoms with E-state index in [-0.39, 0.29) is 5.41 Å². The Morgan fingerprint density at radius 1 is 1.38 bits per heavy atom. The third-order valence-electron chi connectivity index (χ3n) is 3.50. The van der Waals surface area contributed by atoms with Crippen LogP contribution in [0.4, 0.5) is 0 Å². The Morgan fingerprint density at radius 3 is 2.56 bits per heavy atom. The van der Waals surface area contributed by atoms with Crippen molar-refractivity contribution in [2.75, 3.05) is 0 Å². The molecule has 0 fully saturated rings. The van der Waals surface area contributed by atoms with E-state index >= 15 is 0 Å². The average Bonchev–Trinajstić information content (AvgIpc) is 2.23. The smallest absolute Gasteiger partial charge is 0.158 e. The normalized spacial score (nSPS) is 22.1. The first kappa shape index (κ1) is 13.0. The van der Waals surface area contributed by atoms with Gasteiger partial charge in [-0.1, -0.05) is 37.6 Å². The summed E-state index contributed by atoms with van der Waals surface area (Å²) in [5, 5.41) is 0. The molecule has 0 radical (unpaired) electrons. The minimum atomic E-state index is 0.127. The van der Waals surface area contributed by atoms with Crippen LogP contribution in [0.15, 0.2) is 34.9 Å². The zero-order chi connectivity index (χ0) is 12.3. The summed E-state index contributed by atoms with van der Waals surface area (Å²) in [4.78, 5) is 11.7. The molecule has 0 aromatic rings. The van der Waals surface area contributed by atoms with Crippen molar-refractivity contribution in [1.29, 1.82) is 0 Å². The summed E-state index contributed by atoms with van der Waals surface area (Å²) in [6, 6.07) is 0. The second kappa shape index (κ2) is 4.82. The Hall–Kier alpha value is -1.11. The lowest BCUT2D eigenvalue weighted by Crippen LogP contribution is -2.24. The van der Waals surface area contributed by atoms with Crippen LogP contribution in [0.5, 0.6) is 0 Å². The summed E-state index contributed by atoms with van der Waals surface area (Å²) in [6.07, 6.45) is 7.93. The SMILES string of the molecule is C/C=C(C)\C=C\C1=C(C)C(=O)CCC1(C)C. The van der Waals surface area contributed by atoms with Crippen molar-refractivity contribution in [3.63, 3.8) is 0 Å². The molecule has 0 saturated carbocycles. The maximum atomic E-state index is 11.7. The number of ketones is 1. The van der Waals surface area contributed by atoms with Crippen molar-refractivity contribution in [1.82, 2.24) is 0 Å². The largest absolute Gasteiger partial charge is 0.295 e. The zero-order valence-electron chi connectivity index (χ0n) is 11.1. The van der Waals surface area contributed by atoms with Crippen molar-refractivity contribution < 1.29 is 4.79 Å². The molecule has 1 heteroatoms. The summed E-state index contributed by atoms with van der Waals surface area (Å²) >= 11 is 0. The van der Waals surface area contributed by atoms with Gasteiger partial charge in [0.1, 0.15) is 0 Å². The van der Waals surface area contributed by atoms with E-state index in [0.717, 1.165) is 12.0 Å². The number of Topliss-reactive ketones (excluding diaryl/α,β-unsaturated/α-hetero) is 1. The first-order valence-electron chi connectivity index (χ1n) is 5.94. The van der Waals surface area contributed by atoms with Crippen LogP contribution in [0.3, 0.4) is 0 Å². The van der Waals surface area contributed by atoms with E-state index in [4.69, 9.17) is 0 Å². The van der Waals surface area contributed by atoms with E-state index in [1.165, 1.54) is 11.1 Å². The Kier molecular flexibility index (Phi) is 3.90. The van der Waals surface area contributed by atoms with Crippen LogP contribution in [0, 0.1) is 5.41 Å². The van der Waals surface area contributed by atoms with Crippen LogP contribution >= 0.6 is 0 Å². The topological polar surface area (TPSA) is 17.1 Å². The Labute approximate surface area is 98.9 Å². The Balaban J connectivity index is 3.10. The van der Waals surface area contributed by atoms with Gasteiger partial charge in [-0.25, -0.2) is 0 Å². The van der Waals surface area contributed by atoms with Crippen molar-refractivity contribution in [2.24, 2.45) is 5.41 Å². The third kappa shape index (κ3) is 2.72. The second-order valence-electron chi connectivity index (χ2n) is 5.21. The van der Waals surface area contributed by atoms with E-state index in [1.54, 1.807) is 0 Å². The van der Waals surface area contributed by atoms with E-state index in [0.29, 0.717) is 12.2 Å². The van der Waals surface area contributed by atoms with E-state index in [1.807, 2.05) is 13.8 Å². The van der Waals surface area contributed by atoms with Gasteiger partial charge in [-0.05, 0) is 43.8 Å². The predicted molar refractivity (Wildman–Crippen MR) is 69.3 cm³/mol. The monoisotopic (exact) mass is 218 g/mol. The molecule has 1 nitrogen and oxygen atoms in total. The first-order chi connectivity index (χ1) is 7.38. The maximum Gasteiger partial charge on any atom is 0.158 e. The van der Waals surface area contributed by atoms with Gasteiger partial charge in [0.05, 0.1) is 0 Å². The van der Waals surface area contributed by atoms with Gasteiger partial charge < -0.3 is 0 Å². The van der Waals surface area contributed by atoms with Crippen molar-refractivity contribution in [3.05, 3.63) is 34.9 Å². The molecule has 0 unspecified atom stereocenters. The molecule has 1 rings (SSSR count). The lowest BCUT2D eigenvalue weighted by molar-refractivity contribution is -0.116. The molecule has 0 saturated heterocycles. The summed E-state index contributed by atoms with van der Waals surface area (Å²) in [5.74, 6) is 0.303. The van der Waals surface area contributed by atoms with E-state index < -0.39 is 0 Å². The molecule has 0 atom stereocenters. The minimum absolute atomic E-state index is 0.127. The molecule has 0 heterocycles. The van der Waals surface area contributed by atoms with Crippen molar-refractivity contribution in [3.8, 4) is 0 Å². The molecular weight excluding hydrogens is 196 g/mol. The summed E-state index contributed by atoms with van der Waals surface area (Å²) in [5.41, 5.74) is 3.50. The van der Waals surface area contributed by atoms with Gasteiger partial charge in [0.25, 0.3) is 0 Å². The van der Waals surface area contributed by atoms with Crippen LogP contribution in [0.1, 0.15) is 47.5 Å². The van der Waals surface area contributed by atoms with Gasteiger partial charge in [-0.3, -0.25) is 4.79 Å². The zero-order valence-corrected chi connectivity index (χ0v) is 11.1. The third-order valence-corrected chi connectivity index (χ3v) is 3.50. The lowest BCUT2D eigenvalue weighted by Gasteiger charge is -2.32. The van der Waals surface area contributed by atoms with Gasteiger partial charge >= 0.3 is 0 Å². The number of hydrogen-bond donors (Lipinski definition) is 0. The van der Waals surface area contributed by atoms with Crippen molar-refractivity contribution in [2.45, 2.75) is 47.5 Å². The minimum Gasteiger partial charge on any atom is -0.295 e. The molecule has 0 aromatic heterocycles. The highest BCUT2D eigenvalue weighted by atomic mass is 16.1. The van der Waals surface area contributed by atoms with Gasteiger partial charge in [0.15, 0.2) is 5.78 Å². The number of carbonyl (C=O) groups excluding carboxylic acids is 1. The Bertz CT molecular complexity index is 378. The van der Waals surface area contributed by atoms with Crippen LogP contribution in [-0.2, 0) is 4.79 Å². The van der Waals surface area contributed by atoms with Crippen molar-refractivity contribution >= 4 is 5.78 Å². The first-order valence-corrected chi connectivity index (χ1v) is 5.94. The molecule has 0 N–H and O–H groups in total. The molecule has 16 heavy (non-hydrogen) atoms. The molecule has 0 spiro atoms. The molecule has 0 bridgehead atoms.